The van der Waals surface area contributed by atoms with Crippen LogP contribution in [0.3, 0.4) is 0 Å². The number of nitrogens with zero attached hydrogens (tertiary/aromatic N) is 1. The minimum Gasteiger partial charge on any atom is -0.313 e. The molecule has 4 rings (SSSR count). The summed E-state index contributed by atoms with van der Waals surface area (Å²) in [6.07, 6.45) is 5.59. The van der Waals surface area contributed by atoms with Gasteiger partial charge in [-0.25, -0.2) is 0 Å². The average molecular weight is 288 g/mol. The highest BCUT2D eigenvalue weighted by molar-refractivity contribution is 7.99. The second-order valence-electron chi connectivity index (χ2n) is 6.52. The molecule has 1 aromatic carbocycles. The summed E-state index contributed by atoms with van der Waals surface area (Å²) < 4.78 is 0. The van der Waals surface area contributed by atoms with Gasteiger partial charge in [-0.15, -0.1) is 11.8 Å². The fraction of sp³-hybridized carbons (Fsp3) is 0.647. The number of benzene rings is 1. The molecule has 1 aliphatic carbocycles. The largest absolute Gasteiger partial charge is 0.313 e. The van der Waals surface area contributed by atoms with Gasteiger partial charge in [0.05, 0.1) is 0 Å². The lowest BCUT2D eigenvalue weighted by Crippen LogP contribution is -2.40. The van der Waals surface area contributed by atoms with Gasteiger partial charge in [-0.05, 0) is 43.9 Å². The van der Waals surface area contributed by atoms with E-state index in [9.17, 15) is 0 Å². The van der Waals surface area contributed by atoms with Gasteiger partial charge < -0.3 is 5.32 Å². The van der Waals surface area contributed by atoms with Crippen molar-refractivity contribution in [3.05, 3.63) is 29.8 Å². The van der Waals surface area contributed by atoms with Crippen LogP contribution in [0.1, 0.15) is 37.2 Å². The van der Waals surface area contributed by atoms with E-state index in [2.05, 4.69) is 46.2 Å². The van der Waals surface area contributed by atoms with E-state index in [1.54, 1.807) is 5.56 Å². The Bertz CT molecular complexity index is 466. The molecule has 1 saturated carbocycles. The van der Waals surface area contributed by atoms with Crippen LogP contribution in [0.5, 0.6) is 0 Å². The third kappa shape index (κ3) is 2.76. The van der Waals surface area contributed by atoms with E-state index in [4.69, 9.17) is 0 Å². The molecular weight excluding hydrogens is 264 g/mol. The van der Waals surface area contributed by atoms with E-state index in [0.29, 0.717) is 0 Å². The summed E-state index contributed by atoms with van der Waals surface area (Å²) in [5, 5.41) is 3.67. The molecule has 2 unspecified atom stereocenters. The van der Waals surface area contributed by atoms with Crippen molar-refractivity contribution in [2.24, 2.45) is 0 Å². The SMILES string of the molecule is c1ccc2c(c1)SCC2CN(CC1CCCN1)C1CC1. The van der Waals surface area contributed by atoms with Crippen molar-refractivity contribution >= 4 is 11.8 Å². The van der Waals surface area contributed by atoms with Crippen LogP contribution in [0.4, 0.5) is 0 Å². The van der Waals surface area contributed by atoms with Gasteiger partial charge in [-0.1, -0.05) is 18.2 Å². The third-order valence-corrected chi connectivity index (χ3v) is 6.19. The maximum absolute atomic E-state index is 3.67. The molecule has 1 aromatic rings. The van der Waals surface area contributed by atoms with Crippen LogP contribution in [0.25, 0.3) is 0 Å². The van der Waals surface area contributed by atoms with Crippen LogP contribution in [-0.4, -0.2) is 42.4 Å². The van der Waals surface area contributed by atoms with Gasteiger partial charge in [0.15, 0.2) is 0 Å². The second kappa shape index (κ2) is 5.70. The van der Waals surface area contributed by atoms with Crippen LogP contribution in [0, 0.1) is 0 Å². The van der Waals surface area contributed by atoms with Crippen LogP contribution < -0.4 is 5.32 Å². The van der Waals surface area contributed by atoms with Crippen LogP contribution in [0.2, 0.25) is 0 Å². The molecule has 2 nitrogen and oxygen atoms in total. The summed E-state index contributed by atoms with van der Waals surface area (Å²) in [6, 6.07) is 10.7. The summed E-state index contributed by atoms with van der Waals surface area (Å²) in [6.45, 7) is 3.77. The monoisotopic (exact) mass is 288 g/mol. The zero-order valence-corrected chi connectivity index (χ0v) is 12.9. The zero-order chi connectivity index (χ0) is 13.4. The lowest BCUT2D eigenvalue weighted by Gasteiger charge is -2.28. The Morgan fingerprint density at radius 3 is 2.85 bits per heavy atom. The molecule has 3 heteroatoms. The molecule has 0 bridgehead atoms. The summed E-state index contributed by atoms with van der Waals surface area (Å²) in [5.41, 5.74) is 1.60. The fourth-order valence-electron chi connectivity index (χ4n) is 3.67. The van der Waals surface area contributed by atoms with E-state index in [-0.39, 0.29) is 0 Å². The Morgan fingerprint density at radius 2 is 2.05 bits per heavy atom. The predicted molar refractivity (Wildman–Crippen MR) is 85.5 cm³/mol. The maximum Gasteiger partial charge on any atom is 0.0195 e. The quantitative estimate of drug-likeness (QED) is 0.896. The molecule has 2 heterocycles. The Hall–Kier alpha value is -0.510. The van der Waals surface area contributed by atoms with Crippen LogP contribution in [-0.2, 0) is 0 Å². The van der Waals surface area contributed by atoms with Gasteiger partial charge in [0.2, 0.25) is 0 Å². The minimum atomic E-state index is 0.748. The Labute approximate surface area is 126 Å². The average Bonchev–Trinajstić information content (AvgIpc) is 3.05. The van der Waals surface area contributed by atoms with Crippen molar-refractivity contribution in [1.29, 1.82) is 0 Å². The summed E-state index contributed by atoms with van der Waals surface area (Å²) in [7, 11) is 0. The molecule has 20 heavy (non-hydrogen) atoms. The van der Waals surface area contributed by atoms with Gasteiger partial charge in [-0.2, -0.15) is 0 Å². The molecule has 2 fully saturated rings. The number of rotatable bonds is 5. The first-order chi connectivity index (χ1) is 9.90. The Kier molecular flexibility index (Phi) is 3.76. The molecule has 0 radical (unpaired) electrons. The van der Waals surface area contributed by atoms with Crippen LogP contribution in [0.15, 0.2) is 29.2 Å². The molecule has 1 N–H and O–H groups in total. The highest BCUT2D eigenvalue weighted by Gasteiger charge is 2.34. The van der Waals surface area contributed by atoms with E-state index >= 15 is 0 Å². The van der Waals surface area contributed by atoms with E-state index in [1.165, 1.54) is 56.0 Å². The van der Waals surface area contributed by atoms with Crippen molar-refractivity contribution in [2.75, 3.05) is 25.4 Å². The van der Waals surface area contributed by atoms with Crippen molar-refractivity contribution in [3.8, 4) is 0 Å². The normalized spacial score (nSPS) is 29.1. The highest BCUT2D eigenvalue weighted by Crippen LogP contribution is 2.41. The number of fused-ring (bicyclic) bond motifs is 1. The molecule has 2 atom stereocenters. The van der Waals surface area contributed by atoms with E-state index < -0.39 is 0 Å². The molecule has 0 spiro atoms. The molecule has 2 aliphatic heterocycles. The number of thioether (sulfide) groups is 1. The molecule has 3 aliphatic rings. The Morgan fingerprint density at radius 1 is 1.15 bits per heavy atom. The van der Waals surface area contributed by atoms with Gasteiger partial charge in [-0.3, -0.25) is 4.90 Å². The van der Waals surface area contributed by atoms with Crippen LogP contribution >= 0.6 is 11.8 Å². The van der Waals surface area contributed by atoms with Crippen molar-refractivity contribution in [2.45, 2.75) is 48.6 Å². The smallest absolute Gasteiger partial charge is 0.0195 e. The number of nitrogens with one attached hydrogen (secondary N) is 1. The molecular formula is C17H24N2S. The van der Waals surface area contributed by atoms with E-state index in [0.717, 1.165) is 18.0 Å². The topological polar surface area (TPSA) is 15.3 Å². The first-order valence-electron chi connectivity index (χ1n) is 8.09. The summed E-state index contributed by atoms with van der Waals surface area (Å²) in [4.78, 5) is 4.31. The number of hydrogen-bond donors (Lipinski definition) is 1. The van der Waals surface area contributed by atoms with Gasteiger partial charge in [0, 0.05) is 41.7 Å². The van der Waals surface area contributed by atoms with Gasteiger partial charge in [0.1, 0.15) is 0 Å². The number of hydrogen-bond acceptors (Lipinski definition) is 3. The van der Waals surface area contributed by atoms with E-state index in [1.807, 2.05) is 0 Å². The molecule has 0 amide bonds. The second-order valence-corrected chi connectivity index (χ2v) is 7.59. The Balaban J connectivity index is 1.43. The predicted octanol–water partition coefficient (Wildman–Crippen LogP) is 3.09. The summed E-state index contributed by atoms with van der Waals surface area (Å²) in [5.74, 6) is 2.03. The zero-order valence-electron chi connectivity index (χ0n) is 12.1. The molecule has 108 valence electrons. The maximum atomic E-state index is 3.67. The van der Waals surface area contributed by atoms with Crippen molar-refractivity contribution < 1.29 is 0 Å². The molecule has 1 saturated heterocycles. The van der Waals surface area contributed by atoms with Gasteiger partial charge in [0.25, 0.3) is 0 Å². The first-order valence-corrected chi connectivity index (χ1v) is 9.08. The summed E-state index contributed by atoms with van der Waals surface area (Å²) >= 11 is 2.05. The molecule has 0 aromatic heterocycles. The standard InChI is InChI=1S/C17H24N2S/c1-2-6-17-16(5-1)13(12-20-17)10-19(15-7-8-15)11-14-4-3-9-18-14/h1-2,5-6,13-15,18H,3-4,7-12H2. The lowest BCUT2D eigenvalue weighted by molar-refractivity contribution is 0.230. The third-order valence-electron chi connectivity index (χ3n) is 4.93. The highest BCUT2D eigenvalue weighted by atomic mass is 32.2. The lowest BCUT2D eigenvalue weighted by atomic mass is 10.0. The first kappa shape index (κ1) is 13.2. The van der Waals surface area contributed by atoms with Crippen molar-refractivity contribution in [3.63, 3.8) is 0 Å². The van der Waals surface area contributed by atoms with Gasteiger partial charge >= 0.3 is 0 Å². The fourth-order valence-corrected chi connectivity index (χ4v) is 4.91. The minimum absolute atomic E-state index is 0.748. The van der Waals surface area contributed by atoms with Crippen molar-refractivity contribution in [1.82, 2.24) is 10.2 Å².